The van der Waals surface area contributed by atoms with Crippen molar-refractivity contribution in [2.45, 2.75) is 19.7 Å². The lowest BCUT2D eigenvalue weighted by Crippen LogP contribution is -2.12. The molecule has 0 aliphatic heterocycles. The fourth-order valence-corrected chi connectivity index (χ4v) is 3.00. The third-order valence-electron chi connectivity index (χ3n) is 3.80. The second-order valence-corrected chi connectivity index (χ2v) is 6.62. The van der Waals surface area contributed by atoms with Crippen LogP contribution >= 0.6 is 15.9 Å². The maximum Gasteiger partial charge on any atom is 0.134 e. The molecule has 0 aromatic heterocycles. The van der Waals surface area contributed by atoms with Crippen molar-refractivity contribution in [1.82, 2.24) is 5.32 Å². The van der Waals surface area contributed by atoms with Crippen LogP contribution in [-0.2, 0) is 19.7 Å². The summed E-state index contributed by atoms with van der Waals surface area (Å²) in [5, 5.41) is 3.36. The van der Waals surface area contributed by atoms with E-state index in [0.717, 1.165) is 33.5 Å². The Labute approximate surface area is 155 Å². The molecule has 0 saturated carbocycles. The third-order valence-corrected chi connectivity index (χ3v) is 4.42. The highest BCUT2D eigenvalue weighted by Gasteiger charge is 2.04. The van der Waals surface area contributed by atoms with E-state index in [-0.39, 0.29) is 5.82 Å². The Morgan fingerprint density at radius 1 is 0.800 bits per heavy atom. The minimum absolute atomic E-state index is 0.209. The average molecular weight is 400 g/mol. The second kappa shape index (κ2) is 8.79. The van der Waals surface area contributed by atoms with Crippen LogP contribution in [0.4, 0.5) is 4.39 Å². The Morgan fingerprint density at radius 2 is 1.48 bits per heavy atom. The van der Waals surface area contributed by atoms with E-state index in [2.05, 4.69) is 27.3 Å². The zero-order valence-corrected chi connectivity index (χ0v) is 15.3. The summed E-state index contributed by atoms with van der Waals surface area (Å²) in [5.74, 6) is 0.616. The highest BCUT2D eigenvalue weighted by atomic mass is 79.9. The summed E-state index contributed by atoms with van der Waals surface area (Å²) >= 11 is 3.57. The summed E-state index contributed by atoms with van der Waals surface area (Å²) in [6.45, 7) is 1.97. The molecule has 0 unspecified atom stereocenters. The molecule has 0 radical (unpaired) electrons. The van der Waals surface area contributed by atoms with Gasteiger partial charge in [0.2, 0.25) is 0 Å². The molecule has 0 saturated heterocycles. The Kier molecular flexibility index (Phi) is 6.20. The van der Waals surface area contributed by atoms with Gasteiger partial charge in [-0.25, -0.2) is 4.39 Å². The molecular weight excluding hydrogens is 381 g/mol. The Morgan fingerprint density at radius 3 is 2.20 bits per heavy atom. The number of ether oxygens (including phenoxy) is 1. The van der Waals surface area contributed by atoms with E-state index in [0.29, 0.717) is 13.2 Å². The SMILES string of the molecule is Fc1ccc(CNCc2ccc(OCc3ccccc3)c(Br)c2)cc1. The van der Waals surface area contributed by atoms with Gasteiger partial charge in [0.05, 0.1) is 4.47 Å². The van der Waals surface area contributed by atoms with Crippen molar-refractivity contribution in [3.63, 3.8) is 0 Å². The maximum absolute atomic E-state index is 12.9. The highest BCUT2D eigenvalue weighted by Crippen LogP contribution is 2.26. The van der Waals surface area contributed by atoms with Crippen molar-refractivity contribution >= 4 is 15.9 Å². The smallest absolute Gasteiger partial charge is 0.134 e. The van der Waals surface area contributed by atoms with Gasteiger partial charge in [-0.1, -0.05) is 48.5 Å². The number of rotatable bonds is 7. The lowest BCUT2D eigenvalue weighted by Gasteiger charge is -2.11. The Bertz CT molecular complexity index is 806. The first-order valence-electron chi connectivity index (χ1n) is 8.11. The van der Waals surface area contributed by atoms with Crippen LogP contribution in [0.5, 0.6) is 5.75 Å². The van der Waals surface area contributed by atoms with E-state index in [1.807, 2.05) is 42.5 Å². The van der Waals surface area contributed by atoms with Gasteiger partial charge >= 0.3 is 0 Å². The van der Waals surface area contributed by atoms with Crippen LogP contribution in [0, 0.1) is 5.82 Å². The molecular formula is C21H19BrFNO. The van der Waals surface area contributed by atoms with Gasteiger partial charge in [0.25, 0.3) is 0 Å². The quantitative estimate of drug-likeness (QED) is 0.569. The largest absolute Gasteiger partial charge is 0.488 e. The molecule has 0 heterocycles. The first-order chi connectivity index (χ1) is 12.2. The predicted molar refractivity (Wildman–Crippen MR) is 102 cm³/mol. The number of halogens is 2. The van der Waals surface area contributed by atoms with Crippen molar-refractivity contribution in [3.8, 4) is 5.75 Å². The van der Waals surface area contributed by atoms with Gasteiger partial charge in [0, 0.05) is 13.1 Å². The summed E-state index contributed by atoms with van der Waals surface area (Å²) in [6.07, 6.45) is 0. The lowest BCUT2D eigenvalue weighted by atomic mass is 10.2. The molecule has 1 N–H and O–H groups in total. The average Bonchev–Trinajstić information content (AvgIpc) is 2.63. The lowest BCUT2D eigenvalue weighted by molar-refractivity contribution is 0.304. The molecule has 0 amide bonds. The van der Waals surface area contributed by atoms with Crippen molar-refractivity contribution in [1.29, 1.82) is 0 Å². The molecule has 3 rings (SSSR count). The van der Waals surface area contributed by atoms with E-state index in [9.17, 15) is 4.39 Å². The fourth-order valence-electron chi connectivity index (χ4n) is 2.46. The first-order valence-corrected chi connectivity index (χ1v) is 8.90. The molecule has 25 heavy (non-hydrogen) atoms. The first kappa shape index (κ1) is 17.6. The Balaban J connectivity index is 1.51. The normalized spacial score (nSPS) is 10.6. The molecule has 2 nitrogen and oxygen atoms in total. The van der Waals surface area contributed by atoms with E-state index in [1.54, 1.807) is 12.1 Å². The molecule has 0 fully saturated rings. The van der Waals surface area contributed by atoms with Crippen molar-refractivity contribution in [2.24, 2.45) is 0 Å². The molecule has 0 aliphatic rings. The highest BCUT2D eigenvalue weighted by molar-refractivity contribution is 9.10. The summed E-state index contributed by atoms with van der Waals surface area (Å²) in [7, 11) is 0. The van der Waals surface area contributed by atoms with E-state index >= 15 is 0 Å². The molecule has 4 heteroatoms. The van der Waals surface area contributed by atoms with E-state index in [4.69, 9.17) is 4.74 Å². The van der Waals surface area contributed by atoms with E-state index < -0.39 is 0 Å². The zero-order valence-electron chi connectivity index (χ0n) is 13.7. The van der Waals surface area contributed by atoms with Gasteiger partial charge in [0.1, 0.15) is 18.2 Å². The monoisotopic (exact) mass is 399 g/mol. The van der Waals surface area contributed by atoms with Crippen LogP contribution in [0.15, 0.2) is 77.3 Å². The molecule has 0 bridgehead atoms. The zero-order chi connectivity index (χ0) is 17.5. The van der Waals surface area contributed by atoms with Crippen LogP contribution in [0.1, 0.15) is 16.7 Å². The molecule has 128 valence electrons. The molecule has 0 aliphatic carbocycles. The van der Waals surface area contributed by atoms with Crippen LogP contribution in [-0.4, -0.2) is 0 Å². The maximum atomic E-state index is 12.9. The Hall–Kier alpha value is -2.17. The van der Waals surface area contributed by atoms with Gasteiger partial charge in [0.15, 0.2) is 0 Å². The second-order valence-electron chi connectivity index (χ2n) is 5.77. The van der Waals surface area contributed by atoms with Crippen molar-refractivity contribution in [3.05, 3.63) is 99.8 Å². The minimum atomic E-state index is -0.209. The van der Waals surface area contributed by atoms with Crippen molar-refractivity contribution < 1.29 is 9.13 Å². The minimum Gasteiger partial charge on any atom is -0.488 e. The van der Waals surface area contributed by atoms with Crippen molar-refractivity contribution in [2.75, 3.05) is 0 Å². The summed E-state index contributed by atoms with van der Waals surface area (Å²) in [5.41, 5.74) is 3.35. The van der Waals surface area contributed by atoms with Gasteiger partial charge < -0.3 is 10.1 Å². The van der Waals surface area contributed by atoms with Crippen LogP contribution in [0.25, 0.3) is 0 Å². The predicted octanol–water partition coefficient (Wildman–Crippen LogP) is 5.46. The van der Waals surface area contributed by atoms with E-state index in [1.165, 1.54) is 12.1 Å². The van der Waals surface area contributed by atoms with Gasteiger partial charge in [-0.2, -0.15) is 0 Å². The third kappa shape index (κ3) is 5.41. The molecule has 0 atom stereocenters. The van der Waals surface area contributed by atoms with Crippen LogP contribution < -0.4 is 10.1 Å². The van der Waals surface area contributed by atoms with Gasteiger partial charge in [-0.05, 0) is 56.9 Å². The van der Waals surface area contributed by atoms with Gasteiger partial charge in [-0.15, -0.1) is 0 Å². The topological polar surface area (TPSA) is 21.3 Å². The van der Waals surface area contributed by atoms with Crippen LogP contribution in [0.2, 0.25) is 0 Å². The molecule has 0 spiro atoms. The van der Waals surface area contributed by atoms with Gasteiger partial charge in [-0.3, -0.25) is 0 Å². The number of benzene rings is 3. The molecule has 3 aromatic rings. The number of nitrogens with one attached hydrogen (secondary N) is 1. The fraction of sp³-hybridized carbons (Fsp3) is 0.143. The van der Waals surface area contributed by atoms with Crippen LogP contribution in [0.3, 0.4) is 0 Å². The standard InChI is InChI=1S/C21H19BrFNO/c22-20-12-18(14-24-13-16-6-9-19(23)10-7-16)8-11-21(20)25-15-17-4-2-1-3-5-17/h1-12,24H,13-15H2. The summed E-state index contributed by atoms with van der Waals surface area (Å²) < 4.78 is 19.7. The number of hydrogen-bond donors (Lipinski definition) is 1. The summed E-state index contributed by atoms with van der Waals surface area (Å²) in [6, 6.07) is 22.7. The molecule has 3 aromatic carbocycles. The number of hydrogen-bond acceptors (Lipinski definition) is 2. The summed E-state index contributed by atoms with van der Waals surface area (Å²) in [4.78, 5) is 0.